The Morgan fingerprint density at radius 2 is 1.94 bits per heavy atom. The minimum Gasteiger partial charge on any atom is -0.493 e. The third kappa shape index (κ3) is 4.38. The molecular weight excluding hydrogens is 420 g/mol. The number of carbonyl (C=O) groups excluding carboxylic acids is 1. The lowest BCUT2D eigenvalue weighted by Gasteiger charge is -2.23. The van der Waals surface area contributed by atoms with Crippen LogP contribution in [0.3, 0.4) is 0 Å². The van der Waals surface area contributed by atoms with Crippen LogP contribution in [-0.2, 0) is 16.1 Å². The first-order chi connectivity index (χ1) is 15.1. The van der Waals surface area contributed by atoms with E-state index in [4.69, 9.17) is 23.7 Å². The number of hydrogen-bond acceptors (Lipinski definition) is 7. The molecule has 31 heavy (non-hydrogen) atoms. The molecule has 2 heterocycles. The predicted molar refractivity (Wildman–Crippen MR) is 116 cm³/mol. The van der Waals surface area contributed by atoms with E-state index in [1.807, 2.05) is 41.8 Å². The number of benzene rings is 2. The fourth-order valence-corrected chi connectivity index (χ4v) is 4.38. The molecular formula is C22H24N2O6S. The summed E-state index contributed by atoms with van der Waals surface area (Å²) in [6.45, 7) is 3.70. The summed E-state index contributed by atoms with van der Waals surface area (Å²) in [5.41, 5.74) is 0.889. The number of methoxy groups -OCH3 is 2. The van der Waals surface area contributed by atoms with Gasteiger partial charge >= 0.3 is 0 Å². The zero-order valence-corrected chi connectivity index (χ0v) is 18.4. The van der Waals surface area contributed by atoms with Crippen molar-refractivity contribution in [2.45, 2.75) is 19.6 Å². The minimum atomic E-state index is -0.801. The third-order valence-corrected chi connectivity index (χ3v) is 5.88. The normalized spacial score (nSPS) is 15.8. The van der Waals surface area contributed by atoms with E-state index in [0.29, 0.717) is 47.6 Å². The summed E-state index contributed by atoms with van der Waals surface area (Å²) in [7, 11) is 3.18. The van der Waals surface area contributed by atoms with Gasteiger partial charge in [0.05, 0.1) is 31.0 Å². The number of carbonyl (C=O) groups is 1. The van der Waals surface area contributed by atoms with Gasteiger partial charge in [0.2, 0.25) is 6.10 Å². The molecule has 8 nitrogen and oxygen atoms in total. The van der Waals surface area contributed by atoms with E-state index in [0.717, 1.165) is 10.2 Å². The van der Waals surface area contributed by atoms with Gasteiger partial charge in [0.25, 0.3) is 5.91 Å². The first-order valence-electron chi connectivity index (χ1n) is 9.94. The Kier molecular flexibility index (Phi) is 6.43. The van der Waals surface area contributed by atoms with E-state index in [-0.39, 0.29) is 6.61 Å². The van der Waals surface area contributed by atoms with Crippen LogP contribution in [0.15, 0.2) is 41.4 Å². The molecule has 9 heteroatoms. The number of thiazole rings is 1. The van der Waals surface area contributed by atoms with Gasteiger partial charge in [0, 0.05) is 25.3 Å². The van der Waals surface area contributed by atoms with Crippen molar-refractivity contribution in [3.8, 4) is 23.0 Å². The molecule has 3 aromatic rings. The molecule has 1 aliphatic heterocycles. The second-order valence-electron chi connectivity index (χ2n) is 6.72. The van der Waals surface area contributed by atoms with Gasteiger partial charge in [-0.05, 0) is 19.1 Å². The highest BCUT2D eigenvalue weighted by Gasteiger charge is 2.27. The van der Waals surface area contributed by atoms with Crippen LogP contribution < -0.4 is 23.7 Å². The van der Waals surface area contributed by atoms with Crippen LogP contribution in [0, 0.1) is 0 Å². The fourth-order valence-electron chi connectivity index (χ4n) is 3.31. The molecule has 1 atom stereocenters. The number of rotatable bonds is 7. The summed E-state index contributed by atoms with van der Waals surface area (Å²) in [6, 6.07) is 11.0. The summed E-state index contributed by atoms with van der Waals surface area (Å²) in [6.07, 6.45) is -0.801. The van der Waals surface area contributed by atoms with Crippen molar-refractivity contribution in [1.82, 2.24) is 4.57 Å². The van der Waals surface area contributed by atoms with Crippen molar-refractivity contribution in [3.05, 3.63) is 41.2 Å². The van der Waals surface area contributed by atoms with Gasteiger partial charge in [-0.3, -0.25) is 4.79 Å². The predicted octanol–water partition coefficient (Wildman–Crippen LogP) is 3.02. The van der Waals surface area contributed by atoms with Crippen LogP contribution in [0.1, 0.15) is 6.92 Å². The number of hydrogen-bond donors (Lipinski definition) is 0. The van der Waals surface area contributed by atoms with Gasteiger partial charge in [0.15, 0.2) is 27.8 Å². The van der Waals surface area contributed by atoms with Gasteiger partial charge in [0.1, 0.15) is 6.61 Å². The van der Waals surface area contributed by atoms with Crippen molar-refractivity contribution in [2.75, 3.05) is 34.0 Å². The maximum Gasteiger partial charge on any atom is 0.292 e. The topological polar surface area (TPSA) is 80.5 Å². The van der Waals surface area contributed by atoms with Crippen LogP contribution in [0.4, 0.5) is 0 Å². The van der Waals surface area contributed by atoms with Crippen molar-refractivity contribution in [1.29, 1.82) is 0 Å². The molecule has 2 aromatic carbocycles. The van der Waals surface area contributed by atoms with Gasteiger partial charge in [-0.1, -0.05) is 23.5 Å². The summed E-state index contributed by atoms with van der Waals surface area (Å²) in [5.74, 6) is 1.99. The van der Waals surface area contributed by atoms with E-state index in [1.54, 1.807) is 20.3 Å². The van der Waals surface area contributed by atoms with Gasteiger partial charge in [-0.2, -0.15) is 4.99 Å². The maximum atomic E-state index is 12.9. The number of para-hydroxylation sites is 2. The Bertz CT molecular complexity index is 1150. The highest BCUT2D eigenvalue weighted by Crippen LogP contribution is 2.34. The number of fused-ring (bicyclic) bond motifs is 2. The van der Waals surface area contributed by atoms with E-state index < -0.39 is 12.0 Å². The maximum absolute atomic E-state index is 12.9. The SMILES string of the molecule is CCOCCn1c(=NC(=O)C2COc3ccccc3O2)sc2cc(OC)c(OC)cc21. The quantitative estimate of drug-likeness (QED) is 0.521. The van der Waals surface area contributed by atoms with Crippen LogP contribution in [0.2, 0.25) is 0 Å². The Labute approximate surface area is 183 Å². The third-order valence-electron chi connectivity index (χ3n) is 4.84. The zero-order chi connectivity index (χ0) is 21.8. The van der Waals surface area contributed by atoms with Crippen molar-refractivity contribution < 1.29 is 28.5 Å². The van der Waals surface area contributed by atoms with Crippen LogP contribution in [0.25, 0.3) is 10.2 Å². The molecule has 0 bridgehead atoms. The number of nitrogens with zero attached hydrogens (tertiary/aromatic N) is 2. The number of aromatic nitrogens is 1. The van der Waals surface area contributed by atoms with Crippen molar-refractivity contribution >= 4 is 27.5 Å². The van der Waals surface area contributed by atoms with Crippen molar-refractivity contribution in [2.24, 2.45) is 4.99 Å². The second kappa shape index (κ2) is 9.40. The van der Waals surface area contributed by atoms with E-state index in [2.05, 4.69) is 4.99 Å². The molecule has 4 rings (SSSR count). The van der Waals surface area contributed by atoms with E-state index >= 15 is 0 Å². The first-order valence-corrected chi connectivity index (χ1v) is 10.8. The summed E-state index contributed by atoms with van der Waals surface area (Å²) in [5, 5.41) is 0. The lowest BCUT2D eigenvalue weighted by atomic mass is 10.2. The van der Waals surface area contributed by atoms with Crippen molar-refractivity contribution in [3.63, 3.8) is 0 Å². The Balaban J connectivity index is 1.71. The molecule has 0 saturated carbocycles. The van der Waals surface area contributed by atoms with Crippen LogP contribution >= 0.6 is 11.3 Å². The van der Waals surface area contributed by atoms with Crippen LogP contribution in [-0.4, -0.2) is 50.6 Å². The lowest BCUT2D eigenvalue weighted by molar-refractivity contribution is -0.127. The fraction of sp³-hybridized carbons (Fsp3) is 0.364. The molecule has 1 amide bonds. The monoisotopic (exact) mass is 444 g/mol. The number of amides is 1. The molecule has 164 valence electrons. The zero-order valence-electron chi connectivity index (χ0n) is 17.6. The Morgan fingerprint density at radius 3 is 2.68 bits per heavy atom. The highest BCUT2D eigenvalue weighted by molar-refractivity contribution is 7.16. The molecule has 1 aromatic heterocycles. The largest absolute Gasteiger partial charge is 0.493 e. The molecule has 0 aliphatic carbocycles. The smallest absolute Gasteiger partial charge is 0.292 e. The minimum absolute atomic E-state index is 0.116. The highest BCUT2D eigenvalue weighted by atomic mass is 32.1. The molecule has 0 N–H and O–H groups in total. The van der Waals surface area contributed by atoms with Gasteiger partial charge < -0.3 is 28.3 Å². The van der Waals surface area contributed by atoms with Crippen LogP contribution in [0.5, 0.6) is 23.0 Å². The number of ether oxygens (including phenoxy) is 5. The molecule has 0 saturated heterocycles. The first kappa shape index (κ1) is 21.2. The molecule has 1 aliphatic rings. The molecule has 0 spiro atoms. The van der Waals surface area contributed by atoms with E-state index in [1.165, 1.54) is 11.3 Å². The summed E-state index contributed by atoms with van der Waals surface area (Å²) in [4.78, 5) is 17.9. The van der Waals surface area contributed by atoms with Gasteiger partial charge in [-0.25, -0.2) is 0 Å². The molecule has 0 radical (unpaired) electrons. The lowest BCUT2D eigenvalue weighted by Crippen LogP contribution is -2.37. The standard InChI is InChI=1S/C22H24N2O6S/c1-4-28-10-9-24-14-11-17(26-2)18(27-3)12-20(14)31-22(24)23-21(25)19-13-29-15-7-5-6-8-16(15)30-19/h5-8,11-12,19H,4,9-10,13H2,1-3H3. The Morgan fingerprint density at radius 1 is 1.19 bits per heavy atom. The summed E-state index contributed by atoms with van der Waals surface area (Å²) < 4.78 is 30.7. The average molecular weight is 445 g/mol. The van der Waals surface area contributed by atoms with Gasteiger partial charge in [-0.15, -0.1) is 0 Å². The molecule has 1 unspecified atom stereocenters. The average Bonchev–Trinajstić information content (AvgIpc) is 3.13. The molecule has 0 fully saturated rings. The van der Waals surface area contributed by atoms with E-state index in [9.17, 15) is 4.79 Å². The summed E-state index contributed by atoms with van der Waals surface area (Å²) >= 11 is 1.40. The second-order valence-corrected chi connectivity index (χ2v) is 7.73. The Hall–Kier alpha value is -3.04.